The molecule has 0 fully saturated rings. The van der Waals surface area contributed by atoms with E-state index < -0.39 is 26.0 Å². The Balaban J connectivity index is 5.33. The van der Waals surface area contributed by atoms with E-state index in [4.69, 9.17) is 28.4 Å². The topological polar surface area (TPSA) is 72.5 Å². The molecule has 0 saturated carbocycles. The van der Waals surface area contributed by atoms with Crippen molar-refractivity contribution in [1.82, 2.24) is 0 Å². The number of hydrogen-bond acceptors (Lipinski definition) is 7. The smallest absolute Gasteiger partial charge is 0.164 e. The molecular weight excluding hydrogens is 359 g/mol. The zero-order chi connectivity index (χ0) is 19.8. The second kappa shape index (κ2) is 16.0. The quantitative estimate of drug-likeness (QED) is 0.258. The summed E-state index contributed by atoms with van der Waals surface area (Å²) < 4.78 is 47.6. The molecule has 0 amide bonds. The Labute approximate surface area is 159 Å². The first kappa shape index (κ1) is 26.0. The van der Waals surface area contributed by atoms with Crippen LogP contribution in [0.2, 0.25) is 0 Å². The van der Waals surface area contributed by atoms with Crippen molar-refractivity contribution in [2.45, 2.75) is 60.4 Å². The van der Waals surface area contributed by atoms with Gasteiger partial charge < -0.3 is 33.0 Å². The molecule has 158 valence electrons. The van der Waals surface area contributed by atoms with Gasteiger partial charge in [0.2, 0.25) is 0 Å². The zero-order valence-electron chi connectivity index (χ0n) is 17.4. The van der Waals surface area contributed by atoms with Crippen molar-refractivity contribution in [2.75, 3.05) is 58.1 Å². The molecule has 0 aromatic heterocycles. The largest absolute Gasteiger partial charge is 0.352 e. The van der Waals surface area contributed by atoms with Crippen LogP contribution in [0.3, 0.4) is 0 Å². The van der Waals surface area contributed by atoms with E-state index in [0.717, 1.165) is 0 Å². The van der Waals surface area contributed by atoms with E-state index in [-0.39, 0.29) is 18.5 Å². The summed E-state index contributed by atoms with van der Waals surface area (Å²) in [5.74, 6) is 0. The fraction of sp³-hybridized carbons (Fsp3) is 1.00. The van der Waals surface area contributed by atoms with Crippen LogP contribution in [0.15, 0.2) is 0 Å². The monoisotopic (exact) mass is 398 g/mol. The summed E-state index contributed by atoms with van der Waals surface area (Å²) in [6, 6.07) is 0. The third-order valence-corrected chi connectivity index (χ3v) is 6.45. The van der Waals surface area contributed by atoms with E-state index in [2.05, 4.69) is 0 Å². The highest BCUT2D eigenvalue weighted by Crippen LogP contribution is 2.49. The summed E-state index contributed by atoms with van der Waals surface area (Å²) in [7, 11) is -2.82. The SMILES string of the molecule is CCOC(CP(=O)(CC(OCC)OCC)CC(OCC)OCC)OCC. The van der Waals surface area contributed by atoms with Crippen LogP contribution in [0.5, 0.6) is 0 Å². The molecule has 0 N–H and O–H groups in total. The van der Waals surface area contributed by atoms with Crippen LogP contribution in [0, 0.1) is 0 Å². The number of hydrogen-bond donors (Lipinski definition) is 0. The number of rotatable bonds is 18. The van der Waals surface area contributed by atoms with Crippen LogP contribution in [-0.4, -0.2) is 77.0 Å². The van der Waals surface area contributed by atoms with Crippen LogP contribution in [0.25, 0.3) is 0 Å². The minimum absolute atomic E-state index is 0.280. The Bertz CT molecular complexity index is 297. The molecule has 0 aliphatic heterocycles. The Morgan fingerprint density at radius 2 is 0.692 bits per heavy atom. The molecule has 0 bridgehead atoms. The molecule has 0 aliphatic carbocycles. The lowest BCUT2D eigenvalue weighted by Gasteiger charge is -2.30. The first-order valence-corrected chi connectivity index (χ1v) is 12.0. The lowest BCUT2D eigenvalue weighted by molar-refractivity contribution is -0.129. The predicted molar refractivity (Wildman–Crippen MR) is 103 cm³/mol. The summed E-state index contributed by atoms with van der Waals surface area (Å²) in [4.78, 5) is 0. The summed E-state index contributed by atoms with van der Waals surface area (Å²) in [5, 5.41) is 0. The molecule has 0 atom stereocenters. The van der Waals surface area contributed by atoms with Gasteiger partial charge in [-0.1, -0.05) is 0 Å². The molecule has 0 aliphatic rings. The predicted octanol–water partition coefficient (Wildman–Crippen LogP) is 3.55. The van der Waals surface area contributed by atoms with Gasteiger partial charge in [-0.25, -0.2) is 0 Å². The molecule has 0 aromatic carbocycles. The van der Waals surface area contributed by atoms with Gasteiger partial charge in [0.05, 0.1) is 18.5 Å². The van der Waals surface area contributed by atoms with Gasteiger partial charge in [-0.15, -0.1) is 0 Å². The van der Waals surface area contributed by atoms with Crippen molar-refractivity contribution in [3.63, 3.8) is 0 Å². The molecule has 0 spiro atoms. The van der Waals surface area contributed by atoms with E-state index in [1.54, 1.807) is 0 Å². The standard InChI is InChI=1S/C18H39O7P/c1-7-20-16(21-8-2)13-26(19,14-17(22-9-3)23-10-4)15-18(24-11-5)25-12-6/h16-18H,7-15H2,1-6H3. The molecule has 26 heavy (non-hydrogen) atoms. The molecule has 0 heterocycles. The highest BCUT2D eigenvalue weighted by Gasteiger charge is 2.34. The van der Waals surface area contributed by atoms with E-state index in [1.807, 2.05) is 41.5 Å². The highest BCUT2D eigenvalue weighted by atomic mass is 31.2. The van der Waals surface area contributed by atoms with Gasteiger partial charge in [0.1, 0.15) is 7.14 Å². The summed E-state index contributed by atoms with van der Waals surface area (Å²) in [6.07, 6.45) is -0.734. The van der Waals surface area contributed by atoms with Crippen molar-refractivity contribution >= 4 is 7.14 Å². The van der Waals surface area contributed by atoms with Crippen LogP contribution in [0.4, 0.5) is 0 Å². The Morgan fingerprint density at radius 1 is 0.500 bits per heavy atom. The van der Waals surface area contributed by atoms with Crippen LogP contribution >= 0.6 is 7.14 Å². The first-order chi connectivity index (χ1) is 12.5. The normalized spacial score (nSPS) is 12.7. The van der Waals surface area contributed by atoms with Crippen LogP contribution in [0.1, 0.15) is 41.5 Å². The van der Waals surface area contributed by atoms with Gasteiger partial charge in [-0.2, -0.15) is 0 Å². The fourth-order valence-electron chi connectivity index (χ4n) is 2.61. The molecule has 0 radical (unpaired) electrons. The maximum Gasteiger partial charge on any atom is 0.164 e. The van der Waals surface area contributed by atoms with Gasteiger partial charge in [-0.3, -0.25) is 0 Å². The summed E-state index contributed by atoms with van der Waals surface area (Å²) in [5.41, 5.74) is 0. The Morgan fingerprint density at radius 3 is 0.846 bits per heavy atom. The summed E-state index contributed by atoms with van der Waals surface area (Å²) >= 11 is 0. The van der Waals surface area contributed by atoms with Crippen LogP contribution < -0.4 is 0 Å². The Hall–Kier alpha value is -0.0100. The van der Waals surface area contributed by atoms with E-state index in [9.17, 15) is 4.57 Å². The van der Waals surface area contributed by atoms with Gasteiger partial charge >= 0.3 is 0 Å². The van der Waals surface area contributed by atoms with Crippen molar-refractivity contribution < 1.29 is 33.0 Å². The third kappa shape index (κ3) is 11.7. The molecule has 7 nitrogen and oxygen atoms in total. The van der Waals surface area contributed by atoms with Crippen molar-refractivity contribution in [2.24, 2.45) is 0 Å². The van der Waals surface area contributed by atoms with Gasteiger partial charge in [-0.05, 0) is 41.5 Å². The van der Waals surface area contributed by atoms with Crippen molar-refractivity contribution in [1.29, 1.82) is 0 Å². The molecular formula is C18H39O7P. The highest BCUT2D eigenvalue weighted by molar-refractivity contribution is 7.64. The van der Waals surface area contributed by atoms with E-state index >= 15 is 0 Å². The van der Waals surface area contributed by atoms with Gasteiger partial charge in [0.25, 0.3) is 0 Å². The van der Waals surface area contributed by atoms with Crippen LogP contribution in [-0.2, 0) is 33.0 Å². The zero-order valence-corrected chi connectivity index (χ0v) is 18.3. The second-order valence-corrected chi connectivity index (χ2v) is 8.84. The van der Waals surface area contributed by atoms with E-state index in [0.29, 0.717) is 39.6 Å². The molecule has 8 heteroatoms. The van der Waals surface area contributed by atoms with E-state index in [1.165, 1.54) is 0 Å². The molecule has 0 unspecified atom stereocenters. The van der Waals surface area contributed by atoms with Crippen molar-refractivity contribution in [3.8, 4) is 0 Å². The fourth-order valence-corrected chi connectivity index (χ4v) is 5.32. The molecule has 0 saturated heterocycles. The van der Waals surface area contributed by atoms with Gasteiger partial charge in [0, 0.05) is 39.6 Å². The number of ether oxygens (including phenoxy) is 6. The lowest BCUT2D eigenvalue weighted by Crippen LogP contribution is -2.32. The molecule has 0 aromatic rings. The first-order valence-electron chi connectivity index (χ1n) is 9.74. The average Bonchev–Trinajstić information content (AvgIpc) is 2.56. The van der Waals surface area contributed by atoms with Gasteiger partial charge in [0.15, 0.2) is 18.9 Å². The van der Waals surface area contributed by atoms with Crippen molar-refractivity contribution in [3.05, 3.63) is 0 Å². The average molecular weight is 398 g/mol. The summed E-state index contributed by atoms with van der Waals surface area (Å²) in [6.45, 7) is 14.3. The minimum Gasteiger partial charge on any atom is -0.352 e. The minimum atomic E-state index is -2.82. The maximum absolute atomic E-state index is 13.8. The molecule has 0 rings (SSSR count). The maximum atomic E-state index is 13.8. The Kier molecular flexibility index (Phi) is 16.0. The third-order valence-electron chi connectivity index (χ3n) is 3.56. The second-order valence-electron chi connectivity index (χ2n) is 5.63. The lowest BCUT2D eigenvalue weighted by atomic mass is 10.7.